The predicted molar refractivity (Wildman–Crippen MR) is 106 cm³/mol. The van der Waals surface area contributed by atoms with Crippen LogP contribution in [0.5, 0.6) is 0 Å². The highest BCUT2D eigenvalue weighted by Crippen LogP contribution is 2.21. The summed E-state index contributed by atoms with van der Waals surface area (Å²) in [6, 6.07) is 0. The zero-order chi connectivity index (χ0) is 21.7. The molecule has 0 amide bonds. The zero-order valence-electron chi connectivity index (χ0n) is 17.5. The third kappa shape index (κ3) is 5.25. The van der Waals surface area contributed by atoms with Crippen LogP contribution in [0.4, 0.5) is 0 Å². The van der Waals surface area contributed by atoms with Crippen LogP contribution in [0.1, 0.15) is 0 Å². The number of ether oxygens (including phenoxy) is 2. The maximum Gasteiger partial charge on any atom is 0.319 e. The Kier molecular flexibility index (Phi) is 7.22. The molecule has 0 radical (unpaired) electrons. The highest BCUT2D eigenvalue weighted by atomic mass is 16.5. The lowest BCUT2D eigenvalue weighted by Gasteiger charge is -2.38. The number of allylic oxidation sites excluding steroid dienone is 2. The Balaban J connectivity index is 1.54. The van der Waals surface area contributed by atoms with Crippen molar-refractivity contribution >= 4 is 23.5 Å². The highest BCUT2D eigenvalue weighted by Gasteiger charge is 2.31. The third-order valence-corrected chi connectivity index (χ3v) is 5.63. The fourth-order valence-electron chi connectivity index (χ4n) is 3.82. The number of carbonyl (C=O) groups is 4. The molecule has 2 saturated heterocycles. The molecule has 2 heterocycles. The molecule has 0 spiro atoms. The molecule has 0 unspecified atom stereocenters. The van der Waals surface area contributed by atoms with Crippen molar-refractivity contribution in [2.24, 2.45) is 0 Å². The standard InChI is InChI=1S/C20H28N4O6/c1-29-19(27)13-21-3-7-23(8-4-21)15-11-18(26)16(12-17(15)25)24-9-5-22(6-10-24)14-20(28)30-2/h11-12H,3-10,13-14H2,1-2H3. The molecule has 0 aromatic rings. The topological polar surface area (TPSA) is 99.7 Å². The lowest BCUT2D eigenvalue weighted by Crippen LogP contribution is -2.50. The van der Waals surface area contributed by atoms with E-state index in [1.807, 2.05) is 19.6 Å². The van der Waals surface area contributed by atoms with Crippen LogP contribution in [0.2, 0.25) is 0 Å². The molecule has 0 atom stereocenters. The van der Waals surface area contributed by atoms with Crippen molar-refractivity contribution in [3.8, 4) is 0 Å². The Hall–Kier alpha value is -2.72. The molecule has 164 valence electrons. The molecule has 30 heavy (non-hydrogen) atoms. The summed E-state index contributed by atoms with van der Waals surface area (Å²) in [4.78, 5) is 56.0. The van der Waals surface area contributed by atoms with Crippen molar-refractivity contribution < 1.29 is 28.7 Å². The first-order valence-electron chi connectivity index (χ1n) is 10.0. The molecule has 0 bridgehead atoms. The Bertz CT molecular complexity index is 697. The molecule has 0 aromatic heterocycles. The van der Waals surface area contributed by atoms with E-state index in [-0.39, 0.29) is 36.6 Å². The number of rotatable bonds is 6. The van der Waals surface area contributed by atoms with Crippen LogP contribution >= 0.6 is 0 Å². The van der Waals surface area contributed by atoms with Gasteiger partial charge < -0.3 is 19.3 Å². The molecule has 2 fully saturated rings. The van der Waals surface area contributed by atoms with Gasteiger partial charge in [0.1, 0.15) is 0 Å². The van der Waals surface area contributed by atoms with Crippen molar-refractivity contribution in [1.29, 1.82) is 0 Å². The summed E-state index contributed by atoms with van der Waals surface area (Å²) in [5.41, 5.74) is 0.816. The highest BCUT2D eigenvalue weighted by molar-refractivity contribution is 6.19. The Morgan fingerprint density at radius 2 is 1.03 bits per heavy atom. The van der Waals surface area contributed by atoms with Gasteiger partial charge in [0.15, 0.2) is 0 Å². The predicted octanol–water partition coefficient (Wildman–Crippen LogP) is -1.51. The molecule has 2 aliphatic heterocycles. The van der Waals surface area contributed by atoms with Crippen LogP contribution in [0.25, 0.3) is 0 Å². The molecule has 0 aromatic carbocycles. The number of methoxy groups -OCH3 is 2. The van der Waals surface area contributed by atoms with Crippen LogP contribution in [-0.4, -0.2) is 123 Å². The number of nitrogens with zero attached hydrogens (tertiary/aromatic N) is 4. The smallest absolute Gasteiger partial charge is 0.319 e. The molecular formula is C20H28N4O6. The van der Waals surface area contributed by atoms with Crippen LogP contribution in [0.3, 0.4) is 0 Å². The summed E-state index contributed by atoms with van der Waals surface area (Å²) in [6.07, 6.45) is 2.85. The van der Waals surface area contributed by atoms with E-state index in [0.717, 1.165) is 0 Å². The second kappa shape index (κ2) is 9.86. The average molecular weight is 420 g/mol. The van der Waals surface area contributed by atoms with E-state index in [1.165, 1.54) is 26.4 Å². The molecule has 1 aliphatic carbocycles. The van der Waals surface area contributed by atoms with Crippen LogP contribution < -0.4 is 0 Å². The minimum atomic E-state index is -0.286. The fourth-order valence-corrected chi connectivity index (χ4v) is 3.82. The summed E-state index contributed by atoms with van der Waals surface area (Å²) in [6.45, 7) is 5.19. The number of hydrogen-bond donors (Lipinski definition) is 0. The van der Waals surface area contributed by atoms with Crippen LogP contribution in [-0.2, 0) is 28.7 Å². The van der Waals surface area contributed by atoms with Crippen molar-refractivity contribution in [2.75, 3.05) is 79.7 Å². The van der Waals surface area contributed by atoms with E-state index in [1.54, 1.807) is 0 Å². The molecule has 0 N–H and O–H groups in total. The Labute approximate surface area is 175 Å². The van der Waals surface area contributed by atoms with Gasteiger partial charge in [-0.3, -0.25) is 29.0 Å². The van der Waals surface area contributed by atoms with Gasteiger partial charge in [-0.2, -0.15) is 0 Å². The zero-order valence-corrected chi connectivity index (χ0v) is 17.5. The molecule has 3 aliphatic rings. The van der Waals surface area contributed by atoms with Gasteiger partial charge in [0.2, 0.25) is 11.6 Å². The third-order valence-electron chi connectivity index (χ3n) is 5.63. The molecule has 10 heteroatoms. The van der Waals surface area contributed by atoms with Crippen molar-refractivity contribution in [2.45, 2.75) is 0 Å². The average Bonchev–Trinajstić information content (AvgIpc) is 2.76. The first-order chi connectivity index (χ1) is 14.4. The van der Waals surface area contributed by atoms with Gasteiger partial charge >= 0.3 is 11.9 Å². The fraction of sp³-hybridized carbons (Fsp3) is 0.600. The van der Waals surface area contributed by atoms with Gasteiger partial charge in [0, 0.05) is 64.5 Å². The second-order valence-corrected chi connectivity index (χ2v) is 7.47. The monoisotopic (exact) mass is 420 g/mol. The van der Waals surface area contributed by atoms with E-state index < -0.39 is 0 Å². The minimum Gasteiger partial charge on any atom is -0.468 e. The number of piperazine rings is 2. The largest absolute Gasteiger partial charge is 0.468 e. The minimum absolute atomic E-state index is 0.178. The second-order valence-electron chi connectivity index (χ2n) is 7.47. The van der Waals surface area contributed by atoms with Gasteiger partial charge in [-0.25, -0.2) is 0 Å². The number of ketones is 2. The molecule has 10 nitrogen and oxygen atoms in total. The first kappa shape index (κ1) is 22.0. The van der Waals surface area contributed by atoms with Crippen LogP contribution in [0, 0.1) is 0 Å². The van der Waals surface area contributed by atoms with E-state index in [4.69, 9.17) is 0 Å². The molecule has 0 saturated carbocycles. The van der Waals surface area contributed by atoms with Gasteiger partial charge in [-0.15, -0.1) is 0 Å². The molecular weight excluding hydrogens is 392 g/mol. The van der Waals surface area contributed by atoms with E-state index in [0.29, 0.717) is 63.8 Å². The van der Waals surface area contributed by atoms with Crippen molar-refractivity contribution in [3.05, 3.63) is 23.5 Å². The summed E-state index contributed by atoms with van der Waals surface area (Å²) >= 11 is 0. The summed E-state index contributed by atoms with van der Waals surface area (Å²) < 4.78 is 9.37. The van der Waals surface area contributed by atoms with Gasteiger partial charge in [-0.1, -0.05) is 0 Å². The lowest BCUT2D eigenvalue weighted by molar-refractivity contribution is -0.143. The van der Waals surface area contributed by atoms with Crippen molar-refractivity contribution in [3.63, 3.8) is 0 Å². The van der Waals surface area contributed by atoms with E-state index in [2.05, 4.69) is 9.47 Å². The quantitative estimate of drug-likeness (QED) is 0.372. The number of carbonyl (C=O) groups excluding carboxylic acids is 4. The van der Waals surface area contributed by atoms with Crippen molar-refractivity contribution in [1.82, 2.24) is 19.6 Å². The summed E-state index contributed by atoms with van der Waals surface area (Å²) in [7, 11) is 2.72. The van der Waals surface area contributed by atoms with Gasteiger partial charge in [-0.05, 0) is 0 Å². The van der Waals surface area contributed by atoms with E-state index >= 15 is 0 Å². The van der Waals surface area contributed by atoms with Gasteiger partial charge in [0.05, 0.1) is 38.7 Å². The Morgan fingerprint density at radius 3 is 1.33 bits per heavy atom. The molecule has 3 rings (SSSR count). The summed E-state index contributed by atoms with van der Waals surface area (Å²) in [5.74, 6) is -0.928. The maximum absolute atomic E-state index is 12.7. The number of hydrogen-bond acceptors (Lipinski definition) is 10. The van der Waals surface area contributed by atoms with Gasteiger partial charge in [0.25, 0.3) is 0 Å². The lowest BCUT2D eigenvalue weighted by atomic mass is 10.0. The van der Waals surface area contributed by atoms with Crippen LogP contribution in [0.15, 0.2) is 23.5 Å². The SMILES string of the molecule is COC(=O)CN1CCN(C2=CC(=O)C(N3CCN(CC(=O)OC)CC3)=CC2=O)CC1. The number of esters is 2. The first-order valence-corrected chi connectivity index (χ1v) is 10.0. The maximum atomic E-state index is 12.7. The normalized spacial score (nSPS) is 21.3. The Morgan fingerprint density at radius 1 is 0.700 bits per heavy atom. The summed E-state index contributed by atoms with van der Waals surface area (Å²) in [5, 5.41) is 0. The van der Waals surface area contributed by atoms with E-state index in [9.17, 15) is 19.2 Å².